The molecule has 3 aliphatic heterocycles. The first kappa shape index (κ1) is 32.9. The van der Waals surface area contributed by atoms with Crippen LogP contribution in [0.3, 0.4) is 0 Å². The Morgan fingerprint density at radius 1 is 1.09 bits per heavy atom. The monoisotopic (exact) mass is 593 g/mol. The number of fused-ring (bicyclic) bond motifs is 1. The number of carbonyl (C=O) groups is 3. The quantitative estimate of drug-likeness (QED) is 0.354. The minimum Gasteiger partial charge on any atom is -0.394 e. The van der Waals surface area contributed by atoms with Crippen molar-refractivity contribution < 1.29 is 24.2 Å². The number of amides is 3. The Morgan fingerprint density at radius 3 is 2.26 bits per heavy atom. The van der Waals surface area contributed by atoms with Crippen LogP contribution in [0, 0.1) is 17.3 Å². The van der Waals surface area contributed by atoms with Gasteiger partial charge in [-0.1, -0.05) is 70.2 Å². The lowest BCUT2D eigenvalue weighted by Gasteiger charge is -2.46. The van der Waals surface area contributed by atoms with Crippen LogP contribution in [0.1, 0.15) is 78.8 Å². The zero-order chi connectivity index (χ0) is 32.0. The molecule has 43 heavy (non-hydrogen) atoms. The number of hydrogen-bond donors (Lipinski definition) is 1. The number of carbonyl (C=O) groups excluding carboxylic acids is 3. The highest BCUT2D eigenvalue weighted by atomic mass is 16.5. The van der Waals surface area contributed by atoms with Crippen molar-refractivity contribution in [2.75, 3.05) is 26.7 Å². The minimum absolute atomic E-state index is 0.0747. The summed E-state index contributed by atoms with van der Waals surface area (Å²) in [5.74, 6) is -2.31. The van der Waals surface area contributed by atoms with Gasteiger partial charge in [-0.2, -0.15) is 0 Å². The predicted molar refractivity (Wildman–Crippen MR) is 168 cm³/mol. The van der Waals surface area contributed by atoms with Crippen molar-refractivity contribution in [3.63, 3.8) is 0 Å². The van der Waals surface area contributed by atoms with E-state index in [-0.39, 0.29) is 29.7 Å². The molecule has 6 atom stereocenters. The van der Waals surface area contributed by atoms with Gasteiger partial charge in [-0.05, 0) is 50.5 Å². The molecule has 3 amide bonds. The Balaban J connectivity index is 1.92. The van der Waals surface area contributed by atoms with E-state index in [1.54, 1.807) is 29.0 Å². The van der Waals surface area contributed by atoms with Gasteiger partial charge >= 0.3 is 0 Å². The van der Waals surface area contributed by atoms with Gasteiger partial charge in [-0.25, -0.2) is 0 Å². The van der Waals surface area contributed by atoms with Crippen LogP contribution in [0.25, 0.3) is 0 Å². The average molecular weight is 594 g/mol. The summed E-state index contributed by atoms with van der Waals surface area (Å²) in [4.78, 5) is 49.0. The molecule has 1 N–H and O–H groups in total. The van der Waals surface area contributed by atoms with Crippen LogP contribution in [0.15, 0.2) is 55.6 Å². The van der Waals surface area contributed by atoms with E-state index in [1.807, 2.05) is 56.0 Å². The standard InChI is InChI=1S/C35H51N3O5/c1-10-20-36(9)29(40)26-27-30(41)38(25(22-39)24-16-14-13-15-17-24)28(35(27)19-18-34(26,12-3)43-35)31(42)37(21-11-2)33(7,8)23-32(4,5)6/h10-11,13-17,25-28,39H,1-2,12,18-23H2,3-9H3/t25-,26-,27+,28?,34+,35?/m1/s1. The normalized spacial score (nSPS) is 28.9. The average Bonchev–Trinajstić information content (AvgIpc) is 3.54. The van der Waals surface area contributed by atoms with E-state index in [9.17, 15) is 14.7 Å². The van der Waals surface area contributed by atoms with Crippen LogP contribution in [-0.4, -0.2) is 87.1 Å². The fraction of sp³-hybridized carbons (Fsp3) is 0.629. The first-order valence-electron chi connectivity index (χ1n) is 15.6. The molecule has 8 heteroatoms. The van der Waals surface area contributed by atoms with Crippen LogP contribution in [0.2, 0.25) is 0 Å². The molecule has 2 bridgehead atoms. The number of likely N-dealkylation sites (tertiary alicyclic amines) is 1. The summed E-state index contributed by atoms with van der Waals surface area (Å²) < 4.78 is 7.00. The van der Waals surface area contributed by atoms with Gasteiger partial charge in [0.2, 0.25) is 17.7 Å². The Morgan fingerprint density at radius 2 is 1.72 bits per heavy atom. The second-order valence-corrected chi connectivity index (χ2v) is 14.5. The lowest BCUT2D eigenvalue weighted by Crippen LogP contribution is -2.61. The lowest BCUT2D eigenvalue weighted by atomic mass is 9.64. The minimum atomic E-state index is -1.20. The molecule has 1 spiro atoms. The summed E-state index contributed by atoms with van der Waals surface area (Å²) in [5, 5.41) is 10.8. The predicted octanol–water partition coefficient (Wildman–Crippen LogP) is 4.75. The molecule has 0 saturated carbocycles. The number of likely N-dealkylation sites (N-methyl/N-ethyl adjacent to an activating group) is 1. The van der Waals surface area contributed by atoms with Crippen molar-refractivity contribution >= 4 is 17.7 Å². The van der Waals surface area contributed by atoms with Crippen molar-refractivity contribution in [2.24, 2.45) is 17.3 Å². The van der Waals surface area contributed by atoms with Gasteiger partial charge in [0.15, 0.2) is 0 Å². The summed E-state index contributed by atoms with van der Waals surface area (Å²) >= 11 is 0. The van der Waals surface area contributed by atoms with Crippen LogP contribution in [0.4, 0.5) is 0 Å². The molecule has 2 unspecified atom stereocenters. The molecular formula is C35H51N3O5. The van der Waals surface area contributed by atoms with E-state index < -0.39 is 40.7 Å². The van der Waals surface area contributed by atoms with E-state index in [0.29, 0.717) is 38.8 Å². The summed E-state index contributed by atoms with van der Waals surface area (Å²) in [6, 6.07) is 7.52. The fourth-order valence-electron chi connectivity index (χ4n) is 8.50. The largest absolute Gasteiger partial charge is 0.394 e. The molecular weight excluding hydrogens is 542 g/mol. The van der Waals surface area contributed by atoms with E-state index in [4.69, 9.17) is 4.74 Å². The molecule has 3 aliphatic rings. The third kappa shape index (κ3) is 5.46. The van der Waals surface area contributed by atoms with E-state index >= 15 is 4.79 Å². The maximum Gasteiger partial charge on any atom is 0.249 e. The zero-order valence-electron chi connectivity index (χ0n) is 27.1. The molecule has 0 aliphatic carbocycles. The SMILES string of the molecule is C=CCN(C)C(=O)[C@H]1[C@H]2C(=O)N([C@H](CO)c3ccccc3)C(C(=O)N(CC=C)C(C)(C)CC(C)(C)C)C23CC[C@]1(CC)O3. The van der Waals surface area contributed by atoms with Gasteiger partial charge in [0, 0.05) is 25.7 Å². The van der Waals surface area contributed by atoms with Crippen molar-refractivity contribution in [1.29, 1.82) is 0 Å². The van der Waals surface area contributed by atoms with Crippen LogP contribution >= 0.6 is 0 Å². The van der Waals surface area contributed by atoms with Gasteiger partial charge < -0.3 is 24.5 Å². The summed E-state index contributed by atoms with van der Waals surface area (Å²) in [6.07, 6.45) is 5.70. The van der Waals surface area contributed by atoms with Crippen LogP contribution in [0.5, 0.6) is 0 Å². The summed E-state index contributed by atoms with van der Waals surface area (Å²) in [7, 11) is 1.72. The third-order valence-corrected chi connectivity index (χ3v) is 9.86. The molecule has 3 saturated heterocycles. The first-order valence-corrected chi connectivity index (χ1v) is 15.6. The summed E-state index contributed by atoms with van der Waals surface area (Å²) in [6.45, 7) is 20.5. The molecule has 3 heterocycles. The van der Waals surface area contributed by atoms with Crippen molar-refractivity contribution in [1.82, 2.24) is 14.7 Å². The number of aliphatic hydroxyl groups excluding tert-OH is 1. The molecule has 8 nitrogen and oxygen atoms in total. The van der Waals surface area contributed by atoms with Crippen LogP contribution < -0.4 is 0 Å². The zero-order valence-corrected chi connectivity index (χ0v) is 27.1. The van der Waals surface area contributed by atoms with E-state index in [0.717, 1.165) is 5.56 Å². The fourth-order valence-corrected chi connectivity index (χ4v) is 8.50. The Hall–Kier alpha value is -2.97. The summed E-state index contributed by atoms with van der Waals surface area (Å²) in [5.41, 5.74) is -1.97. The van der Waals surface area contributed by atoms with Crippen molar-refractivity contribution in [2.45, 2.75) is 96.1 Å². The molecule has 1 aromatic rings. The highest BCUT2D eigenvalue weighted by molar-refractivity contribution is 5.99. The number of nitrogens with zero attached hydrogens (tertiary/aromatic N) is 3. The van der Waals surface area contributed by atoms with Gasteiger partial charge in [0.25, 0.3) is 0 Å². The van der Waals surface area contributed by atoms with E-state index in [1.165, 1.54) is 0 Å². The molecule has 236 valence electrons. The number of rotatable bonds is 12. The Bertz CT molecular complexity index is 1240. The van der Waals surface area contributed by atoms with Gasteiger partial charge in [0.05, 0.1) is 30.1 Å². The van der Waals surface area contributed by atoms with Crippen molar-refractivity contribution in [3.05, 3.63) is 61.2 Å². The van der Waals surface area contributed by atoms with Gasteiger partial charge in [-0.15, -0.1) is 13.2 Å². The molecule has 0 radical (unpaired) electrons. The number of ether oxygens (including phenoxy) is 1. The number of hydrogen-bond acceptors (Lipinski definition) is 5. The highest BCUT2D eigenvalue weighted by Gasteiger charge is 2.79. The molecule has 0 aromatic heterocycles. The topological polar surface area (TPSA) is 90.4 Å². The number of benzene rings is 1. The molecule has 4 rings (SSSR count). The van der Waals surface area contributed by atoms with Crippen LogP contribution in [-0.2, 0) is 19.1 Å². The third-order valence-electron chi connectivity index (χ3n) is 9.86. The second kappa shape index (κ2) is 11.8. The van der Waals surface area contributed by atoms with Gasteiger partial charge in [-0.3, -0.25) is 14.4 Å². The highest BCUT2D eigenvalue weighted by Crippen LogP contribution is 2.65. The Kier molecular flexibility index (Phi) is 9.07. The smallest absolute Gasteiger partial charge is 0.249 e. The second-order valence-electron chi connectivity index (χ2n) is 14.5. The maximum absolute atomic E-state index is 15.1. The lowest BCUT2D eigenvalue weighted by molar-refractivity contribution is -0.161. The van der Waals surface area contributed by atoms with Gasteiger partial charge in [0.1, 0.15) is 11.6 Å². The maximum atomic E-state index is 15.1. The number of aliphatic hydroxyl groups is 1. The van der Waals surface area contributed by atoms with E-state index in [2.05, 4.69) is 33.9 Å². The Labute approximate surface area is 257 Å². The van der Waals surface area contributed by atoms with Crippen molar-refractivity contribution in [3.8, 4) is 0 Å². The first-order chi connectivity index (χ1) is 20.1. The molecule has 1 aromatic carbocycles. The molecule has 3 fully saturated rings.